The monoisotopic (exact) mass is 328 g/mol. The molecular weight excluding hydrogens is 307 g/mol. The van der Waals surface area contributed by atoms with Crippen LogP contribution in [0.1, 0.15) is 51.8 Å². The van der Waals surface area contributed by atoms with Crippen molar-refractivity contribution < 1.29 is 9.18 Å². The van der Waals surface area contributed by atoms with E-state index >= 15 is 0 Å². The molecule has 5 nitrogen and oxygen atoms in total. The second-order valence-electron chi connectivity index (χ2n) is 6.75. The number of carbonyl (C=O) groups excluding carboxylic acids is 1. The lowest BCUT2D eigenvalue weighted by atomic mass is 9.99. The summed E-state index contributed by atoms with van der Waals surface area (Å²) < 4.78 is 13.5. The predicted molar refractivity (Wildman–Crippen MR) is 88.1 cm³/mol. The van der Waals surface area contributed by atoms with Crippen LogP contribution in [0.15, 0.2) is 18.2 Å². The smallest absolute Gasteiger partial charge is 0.272 e. The van der Waals surface area contributed by atoms with Crippen LogP contribution >= 0.6 is 0 Å². The molecule has 3 N–H and O–H groups in total. The quantitative estimate of drug-likeness (QED) is 0.807. The minimum Gasteiger partial charge on any atom is -0.344 e. The van der Waals surface area contributed by atoms with Crippen LogP contribution in [0, 0.1) is 18.7 Å². The predicted octanol–water partition coefficient (Wildman–Crippen LogP) is 2.38. The zero-order chi connectivity index (χ0) is 16.7. The summed E-state index contributed by atoms with van der Waals surface area (Å²) in [5.41, 5.74) is 4.05. The van der Waals surface area contributed by atoms with Crippen LogP contribution in [-0.4, -0.2) is 22.6 Å². The van der Waals surface area contributed by atoms with E-state index < -0.39 is 0 Å². The Morgan fingerprint density at radius 1 is 1.42 bits per heavy atom. The number of aromatic amines is 1. The number of H-pyrrole nitrogens is 1. The van der Waals surface area contributed by atoms with Gasteiger partial charge in [-0.2, -0.15) is 5.10 Å². The molecule has 2 aromatic rings. The molecule has 2 heterocycles. The van der Waals surface area contributed by atoms with Crippen molar-refractivity contribution in [2.24, 2.45) is 5.92 Å². The van der Waals surface area contributed by atoms with Crippen molar-refractivity contribution in [3.8, 4) is 0 Å². The minimum atomic E-state index is -0.216. The number of nitrogens with one attached hydrogen (secondary N) is 3. The number of hydrogen-bond donors (Lipinski definition) is 3. The zero-order valence-electron chi connectivity index (χ0n) is 13.7. The summed E-state index contributed by atoms with van der Waals surface area (Å²) in [6.45, 7) is 3.31. The first-order valence-electron chi connectivity index (χ1n) is 8.47. The molecule has 1 atom stereocenters. The van der Waals surface area contributed by atoms with E-state index in [9.17, 15) is 9.18 Å². The first-order valence-corrected chi connectivity index (χ1v) is 8.47. The number of aromatic nitrogens is 2. The molecule has 6 heteroatoms. The molecule has 0 bridgehead atoms. The largest absolute Gasteiger partial charge is 0.344 e. The van der Waals surface area contributed by atoms with E-state index in [0.29, 0.717) is 23.7 Å². The van der Waals surface area contributed by atoms with Crippen LogP contribution in [0.2, 0.25) is 0 Å². The van der Waals surface area contributed by atoms with Gasteiger partial charge in [0.25, 0.3) is 5.91 Å². The Morgan fingerprint density at radius 2 is 2.25 bits per heavy atom. The molecule has 0 radical (unpaired) electrons. The Morgan fingerprint density at radius 3 is 3.00 bits per heavy atom. The van der Waals surface area contributed by atoms with Crippen molar-refractivity contribution >= 4 is 5.91 Å². The maximum absolute atomic E-state index is 13.5. The fraction of sp³-hybridized carbons (Fsp3) is 0.444. The van der Waals surface area contributed by atoms with E-state index in [2.05, 4.69) is 20.8 Å². The van der Waals surface area contributed by atoms with E-state index in [0.717, 1.165) is 42.6 Å². The molecule has 1 amide bonds. The molecule has 24 heavy (non-hydrogen) atoms. The van der Waals surface area contributed by atoms with Gasteiger partial charge in [0.05, 0.1) is 6.04 Å². The standard InChI is InChI=1S/C18H21FN4O/c1-10-8-12(4-5-14(10)19)16(11-2-3-11)21-18(24)17-13-9-20-7-6-15(13)22-23-17/h4-5,8,11,16,20H,2-3,6-7,9H2,1H3,(H,21,24)(H,22,23). The SMILES string of the molecule is Cc1cc(C(NC(=O)c2n[nH]c3c2CNCC3)C2CC2)ccc1F. The lowest BCUT2D eigenvalue weighted by Gasteiger charge is -2.20. The highest BCUT2D eigenvalue weighted by Gasteiger charge is 2.35. The molecule has 0 saturated heterocycles. The third-order valence-corrected chi connectivity index (χ3v) is 4.94. The van der Waals surface area contributed by atoms with Gasteiger partial charge >= 0.3 is 0 Å². The van der Waals surface area contributed by atoms with Gasteiger partial charge in [-0.3, -0.25) is 9.89 Å². The molecule has 126 valence electrons. The first kappa shape index (κ1) is 15.3. The number of rotatable bonds is 4. The summed E-state index contributed by atoms with van der Waals surface area (Å²) >= 11 is 0. The van der Waals surface area contributed by atoms with Crippen LogP contribution in [0.3, 0.4) is 0 Å². The van der Waals surface area contributed by atoms with Crippen LogP contribution in [-0.2, 0) is 13.0 Å². The number of nitrogens with zero attached hydrogens (tertiary/aromatic N) is 1. The van der Waals surface area contributed by atoms with E-state index in [4.69, 9.17) is 0 Å². The lowest BCUT2D eigenvalue weighted by Crippen LogP contribution is -2.32. The van der Waals surface area contributed by atoms with Crippen molar-refractivity contribution in [1.82, 2.24) is 20.8 Å². The number of carbonyl (C=O) groups is 1. The van der Waals surface area contributed by atoms with Crippen molar-refractivity contribution in [2.45, 2.75) is 38.8 Å². The molecule has 1 unspecified atom stereocenters. The van der Waals surface area contributed by atoms with Crippen molar-refractivity contribution in [1.29, 1.82) is 0 Å². The highest BCUT2D eigenvalue weighted by atomic mass is 19.1. The van der Waals surface area contributed by atoms with Crippen molar-refractivity contribution in [2.75, 3.05) is 6.54 Å². The van der Waals surface area contributed by atoms with Crippen LogP contribution in [0.5, 0.6) is 0 Å². The molecule has 1 fully saturated rings. The highest BCUT2D eigenvalue weighted by Crippen LogP contribution is 2.41. The Bertz CT molecular complexity index is 781. The molecule has 1 aromatic heterocycles. The Hall–Kier alpha value is -2.21. The molecular formula is C18H21FN4O. The molecule has 1 aliphatic carbocycles. The highest BCUT2D eigenvalue weighted by molar-refractivity contribution is 5.94. The lowest BCUT2D eigenvalue weighted by molar-refractivity contribution is 0.0925. The van der Waals surface area contributed by atoms with Gasteiger partial charge < -0.3 is 10.6 Å². The zero-order valence-corrected chi connectivity index (χ0v) is 13.7. The van der Waals surface area contributed by atoms with E-state index in [1.54, 1.807) is 13.0 Å². The van der Waals surface area contributed by atoms with Crippen molar-refractivity contribution in [3.63, 3.8) is 0 Å². The van der Waals surface area contributed by atoms with Crippen LogP contribution < -0.4 is 10.6 Å². The van der Waals surface area contributed by atoms with Crippen LogP contribution in [0.25, 0.3) is 0 Å². The molecule has 0 spiro atoms. The van der Waals surface area contributed by atoms with Gasteiger partial charge in [0.2, 0.25) is 0 Å². The van der Waals surface area contributed by atoms with Gasteiger partial charge in [0.15, 0.2) is 5.69 Å². The molecule has 1 saturated carbocycles. The number of halogens is 1. The van der Waals surface area contributed by atoms with E-state index in [1.165, 1.54) is 6.07 Å². The Kier molecular flexibility index (Phi) is 3.84. The van der Waals surface area contributed by atoms with E-state index in [1.807, 2.05) is 6.07 Å². The Labute approximate surface area is 140 Å². The average molecular weight is 328 g/mol. The second-order valence-corrected chi connectivity index (χ2v) is 6.75. The topological polar surface area (TPSA) is 69.8 Å². The summed E-state index contributed by atoms with van der Waals surface area (Å²) in [5, 5.41) is 13.6. The number of amides is 1. The third kappa shape index (κ3) is 2.82. The van der Waals surface area contributed by atoms with Crippen molar-refractivity contribution in [3.05, 3.63) is 52.1 Å². The molecule has 4 rings (SSSR count). The number of hydrogen-bond acceptors (Lipinski definition) is 3. The van der Waals surface area contributed by atoms with Crippen LogP contribution in [0.4, 0.5) is 4.39 Å². The number of fused-ring (bicyclic) bond motifs is 1. The molecule has 1 aromatic carbocycles. The van der Waals surface area contributed by atoms with E-state index in [-0.39, 0.29) is 17.8 Å². The van der Waals surface area contributed by atoms with Gasteiger partial charge in [-0.05, 0) is 42.9 Å². The van der Waals surface area contributed by atoms with Gasteiger partial charge in [-0.1, -0.05) is 12.1 Å². The van der Waals surface area contributed by atoms with Gasteiger partial charge in [0.1, 0.15) is 5.82 Å². The molecule has 1 aliphatic heterocycles. The fourth-order valence-corrected chi connectivity index (χ4v) is 3.39. The maximum atomic E-state index is 13.5. The summed E-state index contributed by atoms with van der Waals surface area (Å²) in [6.07, 6.45) is 3.03. The van der Waals surface area contributed by atoms with Gasteiger partial charge in [-0.15, -0.1) is 0 Å². The normalized spacial score (nSPS) is 18.1. The number of aryl methyl sites for hydroxylation is 1. The first-order chi connectivity index (χ1) is 11.6. The summed E-state index contributed by atoms with van der Waals surface area (Å²) in [4.78, 5) is 12.8. The average Bonchev–Trinajstić information content (AvgIpc) is 3.33. The number of benzene rings is 1. The Balaban J connectivity index is 1.58. The maximum Gasteiger partial charge on any atom is 0.272 e. The third-order valence-electron chi connectivity index (χ3n) is 4.94. The van der Waals surface area contributed by atoms with Gasteiger partial charge in [0, 0.05) is 30.8 Å². The summed E-state index contributed by atoms with van der Waals surface area (Å²) in [6, 6.07) is 5.00. The second kappa shape index (κ2) is 6.02. The van der Waals surface area contributed by atoms with Gasteiger partial charge in [-0.25, -0.2) is 4.39 Å². The summed E-state index contributed by atoms with van der Waals surface area (Å²) in [5.74, 6) is 0.0499. The minimum absolute atomic E-state index is 0.0827. The molecule has 2 aliphatic rings. The summed E-state index contributed by atoms with van der Waals surface area (Å²) in [7, 11) is 0. The fourth-order valence-electron chi connectivity index (χ4n) is 3.39.